The number of ether oxygens (including phenoxy) is 2. The lowest BCUT2D eigenvalue weighted by molar-refractivity contribution is 0.170. The third kappa shape index (κ3) is 1.22. The predicted octanol–water partition coefficient (Wildman–Crippen LogP) is 1.93. The zero-order valence-corrected chi connectivity index (χ0v) is 7.80. The monoisotopic (exact) mass is 230 g/mol. The summed E-state index contributed by atoms with van der Waals surface area (Å²) in [5, 5.41) is 9.29. The van der Waals surface area contributed by atoms with Gasteiger partial charge < -0.3 is 14.6 Å². The van der Waals surface area contributed by atoms with Crippen LogP contribution in [0.2, 0.25) is 0 Å². The van der Waals surface area contributed by atoms with Crippen LogP contribution in [0.1, 0.15) is 0 Å². The molecule has 1 aromatic carbocycles. The van der Waals surface area contributed by atoms with Crippen LogP contribution < -0.4 is 9.47 Å². The molecule has 0 bridgehead atoms. The van der Waals surface area contributed by atoms with Crippen LogP contribution >= 0.6 is 15.9 Å². The SMILES string of the molecule is Oc1cc2c(cc1Br)OCCO2. The zero-order chi connectivity index (χ0) is 8.55. The third-order valence-electron chi connectivity index (χ3n) is 1.61. The molecule has 1 heterocycles. The fourth-order valence-electron chi connectivity index (χ4n) is 1.05. The van der Waals surface area contributed by atoms with Crippen LogP contribution in [-0.4, -0.2) is 18.3 Å². The van der Waals surface area contributed by atoms with Crippen LogP contribution in [0.5, 0.6) is 17.2 Å². The van der Waals surface area contributed by atoms with Gasteiger partial charge in [-0.05, 0) is 15.9 Å². The van der Waals surface area contributed by atoms with Crippen molar-refractivity contribution in [1.82, 2.24) is 0 Å². The van der Waals surface area contributed by atoms with Crippen molar-refractivity contribution in [2.45, 2.75) is 0 Å². The van der Waals surface area contributed by atoms with E-state index in [2.05, 4.69) is 15.9 Å². The molecule has 4 heteroatoms. The average molecular weight is 231 g/mol. The van der Waals surface area contributed by atoms with E-state index in [1.54, 1.807) is 12.1 Å². The molecule has 0 fully saturated rings. The fourth-order valence-corrected chi connectivity index (χ4v) is 1.38. The number of aromatic hydroxyl groups is 1. The first-order chi connectivity index (χ1) is 5.77. The van der Waals surface area contributed by atoms with Crippen LogP contribution in [0.3, 0.4) is 0 Å². The highest BCUT2D eigenvalue weighted by Gasteiger charge is 2.13. The maximum Gasteiger partial charge on any atom is 0.165 e. The van der Waals surface area contributed by atoms with Crippen LogP contribution in [0, 0.1) is 0 Å². The molecule has 3 nitrogen and oxygen atoms in total. The minimum absolute atomic E-state index is 0.166. The number of benzene rings is 1. The van der Waals surface area contributed by atoms with Crippen molar-refractivity contribution < 1.29 is 14.6 Å². The first-order valence-corrected chi connectivity index (χ1v) is 4.35. The van der Waals surface area contributed by atoms with Crippen LogP contribution in [0.25, 0.3) is 0 Å². The Balaban J connectivity index is 2.49. The zero-order valence-electron chi connectivity index (χ0n) is 6.21. The summed E-state index contributed by atoms with van der Waals surface area (Å²) in [4.78, 5) is 0. The largest absolute Gasteiger partial charge is 0.507 e. The van der Waals surface area contributed by atoms with Gasteiger partial charge in [-0.25, -0.2) is 0 Å². The minimum Gasteiger partial charge on any atom is -0.507 e. The number of halogens is 1. The summed E-state index contributed by atoms with van der Waals surface area (Å²) in [5.74, 6) is 1.44. The Labute approximate surface area is 78.0 Å². The van der Waals surface area contributed by atoms with Crippen molar-refractivity contribution in [1.29, 1.82) is 0 Å². The molecule has 0 radical (unpaired) electrons. The summed E-state index contributed by atoms with van der Waals surface area (Å²) in [7, 11) is 0. The minimum atomic E-state index is 0.166. The van der Waals surface area contributed by atoms with Gasteiger partial charge in [0, 0.05) is 12.1 Å². The number of hydrogen-bond donors (Lipinski definition) is 1. The molecule has 0 saturated carbocycles. The Hall–Kier alpha value is -0.900. The van der Waals surface area contributed by atoms with Gasteiger partial charge in [0.25, 0.3) is 0 Å². The molecule has 1 aliphatic rings. The predicted molar refractivity (Wildman–Crippen MR) is 46.8 cm³/mol. The highest BCUT2D eigenvalue weighted by Crippen LogP contribution is 2.38. The highest BCUT2D eigenvalue weighted by molar-refractivity contribution is 9.10. The van der Waals surface area contributed by atoms with Gasteiger partial charge in [0.2, 0.25) is 0 Å². The normalized spacial score (nSPS) is 14.4. The van der Waals surface area contributed by atoms with Crippen molar-refractivity contribution in [3.8, 4) is 17.2 Å². The first-order valence-electron chi connectivity index (χ1n) is 3.55. The molecule has 64 valence electrons. The Morgan fingerprint density at radius 1 is 1.17 bits per heavy atom. The van der Waals surface area contributed by atoms with Gasteiger partial charge in [0.15, 0.2) is 11.5 Å². The van der Waals surface area contributed by atoms with E-state index in [9.17, 15) is 5.11 Å². The van der Waals surface area contributed by atoms with Gasteiger partial charge in [0.1, 0.15) is 19.0 Å². The van der Waals surface area contributed by atoms with E-state index in [-0.39, 0.29) is 5.75 Å². The van der Waals surface area contributed by atoms with Crippen molar-refractivity contribution in [3.05, 3.63) is 16.6 Å². The summed E-state index contributed by atoms with van der Waals surface area (Å²) in [6.07, 6.45) is 0. The lowest BCUT2D eigenvalue weighted by atomic mass is 10.3. The summed E-state index contributed by atoms with van der Waals surface area (Å²) in [6, 6.07) is 3.24. The topological polar surface area (TPSA) is 38.7 Å². The molecule has 0 aliphatic carbocycles. The summed E-state index contributed by atoms with van der Waals surface area (Å²) in [5.41, 5.74) is 0. The molecule has 1 aliphatic heterocycles. The Morgan fingerprint density at radius 3 is 2.42 bits per heavy atom. The van der Waals surface area contributed by atoms with E-state index in [0.717, 1.165) is 0 Å². The molecule has 0 unspecified atom stereocenters. The Kier molecular flexibility index (Phi) is 1.84. The second-order valence-corrected chi connectivity index (χ2v) is 3.30. The van der Waals surface area contributed by atoms with Gasteiger partial charge in [-0.15, -0.1) is 0 Å². The maximum absolute atomic E-state index is 9.29. The molecule has 12 heavy (non-hydrogen) atoms. The molecule has 0 aromatic heterocycles. The summed E-state index contributed by atoms with van der Waals surface area (Å²) < 4.78 is 11.2. The second-order valence-electron chi connectivity index (χ2n) is 2.45. The van der Waals surface area contributed by atoms with E-state index in [0.29, 0.717) is 29.2 Å². The molecule has 0 saturated heterocycles. The number of hydrogen-bond acceptors (Lipinski definition) is 3. The van der Waals surface area contributed by atoms with E-state index >= 15 is 0 Å². The van der Waals surface area contributed by atoms with E-state index in [4.69, 9.17) is 9.47 Å². The van der Waals surface area contributed by atoms with Gasteiger partial charge in [-0.1, -0.05) is 0 Å². The molecular formula is C8H7BrO3. The average Bonchev–Trinajstić information content (AvgIpc) is 2.07. The molecule has 0 amide bonds. The summed E-state index contributed by atoms with van der Waals surface area (Å²) in [6.45, 7) is 1.10. The number of phenols is 1. The maximum atomic E-state index is 9.29. The lowest BCUT2D eigenvalue weighted by Gasteiger charge is -2.18. The molecule has 0 spiro atoms. The van der Waals surface area contributed by atoms with Gasteiger partial charge in [-0.3, -0.25) is 0 Å². The first kappa shape index (κ1) is 7.73. The third-order valence-corrected chi connectivity index (χ3v) is 2.25. The number of rotatable bonds is 0. The van der Waals surface area contributed by atoms with Gasteiger partial charge in [-0.2, -0.15) is 0 Å². The van der Waals surface area contributed by atoms with E-state index in [1.165, 1.54) is 0 Å². The van der Waals surface area contributed by atoms with Gasteiger partial charge in [0.05, 0.1) is 4.47 Å². The lowest BCUT2D eigenvalue weighted by Crippen LogP contribution is -2.15. The van der Waals surface area contributed by atoms with Crippen LogP contribution in [0.4, 0.5) is 0 Å². The molecule has 2 rings (SSSR count). The molecule has 0 atom stereocenters. The highest BCUT2D eigenvalue weighted by atomic mass is 79.9. The standard InChI is InChI=1S/C8H7BrO3/c9-5-3-7-8(4-6(5)10)12-2-1-11-7/h3-4,10H,1-2H2. The van der Waals surface area contributed by atoms with E-state index < -0.39 is 0 Å². The molecule has 1 aromatic rings. The molecule has 1 N–H and O–H groups in total. The fraction of sp³-hybridized carbons (Fsp3) is 0.250. The van der Waals surface area contributed by atoms with Gasteiger partial charge >= 0.3 is 0 Å². The van der Waals surface area contributed by atoms with E-state index in [1.807, 2.05) is 0 Å². The smallest absolute Gasteiger partial charge is 0.165 e. The van der Waals surface area contributed by atoms with Crippen LogP contribution in [-0.2, 0) is 0 Å². The van der Waals surface area contributed by atoms with Crippen LogP contribution in [0.15, 0.2) is 16.6 Å². The van der Waals surface area contributed by atoms with Crippen molar-refractivity contribution in [3.63, 3.8) is 0 Å². The number of phenolic OH excluding ortho intramolecular Hbond substituents is 1. The van der Waals surface area contributed by atoms with Crippen molar-refractivity contribution in [2.24, 2.45) is 0 Å². The summed E-state index contributed by atoms with van der Waals surface area (Å²) >= 11 is 3.19. The second kappa shape index (κ2) is 2.86. The molecular weight excluding hydrogens is 224 g/mol. The van der Waals surface area contributed by atoms with Crippen molar-refractivity contribution in [2.75, 3.05) is 13.2 Å². The number of fused-ring (bicyclic) bond motifs is 1. The van der Waals surface area contributed by atoms with Crippen molar-refractivity contribution >= 4 is 15.9 Å². The Morgan fingerprint density at radius 2 is 1.75 bits per heavy atom. The Bertz CT molecular complexity index is 280. The quantitative estimate of drug-likeness (QED) is 0.741.